The van der Waals surface area contributed by atoms with E-state index in [0.717, 1.165) is 39.2 Å². The number of para-hydroxylation sites is 1. The van der Waals surface area contributed by atoms with Gasteiger partial charge in [0.2, 0.25) is 0 Å². The summed E-state index contributed by atoms with van der Waals surface area (Å²) in [5.74, 6) is 0. The van der Waals surface area contributed by atoms with Crippen LogP contribution in [-0.2, 0) is 11.8 Å². The fraction of sp³-hybridized carbons (Fsp3) is 0.304. The van der Waals surface area contributed by atoms with Gasteiger partial charge in [0.05, 0.1) is 23.7 Å². The number of anilines is 1. The van der Waals surface area contributed by atoms with Gasteiger partial charge in [-0.3, -0.25) is 9.48 Å². The number of aryl methyl sites for hydroxylation is 1. The molecule has 1 aromatic carbocycles. The first-order valence-corrected chi connectivity index (χ1v) is 11.0. The molecule has 4 aromatic rings. The number of nitrogens with zero attached hydrogens (tertiary/aromatic N) is 4. The van der Waals surface area contributed by atoms with Gasteiger partial charge in [-0.15, -0.1) is 11.3 Å². The molecule has 0 aliphatic rings. The lowest BCUT2D eigenvalue weighted by atomic mass is 10.2. The average molecular weight is 438 g/mol. The van der Waals surface area contributed by atoms with E-state index in [2.05, 4.69) is 11.4 Å². The van der Waals surface area contributed by atoms with Crippen LogP contribution >= 0.6 is 11.3 Å². The summed E-state index contributed by atoms with van der Waals surface area (Å²) in [6.07, 6.45) is 0. The maximum atomic E-state index is 13.5. The molecule has 0 aliphatic heterocycles. The lowest BCUT2D eigenvalue weighted by Crippen LogP contribution is -2.21. The largest absolute Gasteiger partial charge is 0.383 e. The molecule has 3 heterocycles. The molecule has 0 unspecified atom stereocenters. The van der Waals surface area contributed by atoms with Crippen molar-refractivity contribution in [3.8, 4) is 22.6 Å². The van der Waals surface area contributed by atoms with Crippen LogP contribution in [0.5, 0.6) is 0 Å². The molecular formula is C23H27N5O2S. The van der Waals surface area contributed by atoms with Crippen LogP contribution in [0.25, 0.3) is 22.6 Å². The molecule has 4 rings (SSSR count). The Labute approximate surface area is 185 Å². The Morgan fingerprint density at radius 3 is 2.58 bits per heavy atom. The molecule has 0 saturated heterocycles. The number of thiazole rings is 1. The Balaban J connectivity index is 1.78. The molecular weight excluding hydrogens is 410 g/mol. The van der Waals surface area contributed by atoms with Crippen LogP contribution in [0.15, 0.2) is 46.6 Å². The van der Waals surface area contributed by atoms with Crippen molar-refractivity contribution in [2.75, 3.05) is 25.6 Å². The van der Waals surface area contributed by atoms with Gasteiger partial charge < -0.3 is 14.6 Å². The van der Waals surface area contributed by atoms with E-state index < -0.39 is 0 Å². The van der Waals surface area contributed by atoms with Gasteiger partial charge in [-0.2, -0.15) is 0 Å². The molecule has 0 aliphatic carbocycles. The number of nitrogens with one attached hydrogen (secondary N) is 1. The molecule has 0 fully saturated rings. The summed E-state index contributed by atoms with van der Waals surface area (Å²) in [7, 11) is 3.60. The number of benzene rings is 1. The zero-order valence-corrected chi connectivity index (χ0v) is 19.3. The monoisotopic (exact) mass is 437 g/mol. The van der Waals surface area contributed by atoms with Gasteiger partial charge in [0, 0.05) is 43.0 Å². The predicted octanol–water partition coefficient (Wildman–Crippen LogP) is 4.07. The van der Waals surface area contributed by atoms with E-state index in [1.54, 1.807) is 23.1 Å². The van der Waals surface area contributed by atoms with Gasteiger partial charge >= 0.3 is 0 Å². The Kier molecular flexibility index (Phi) is 5.84. The van der Waals surface area contributed by atoms with E-state index in [9.17, 15) is 4.79 Å². The highest BCUT2D eigenvalue weighted by Gasteiger charge is 2.22. The van der Waals surface area contributed by atoms with E-state index in [1.807, 2.05) is 72.8 Å². The van der Waals surface area contributed by atoms with Crippen molar-refractivity contribution in [2.24, 2.45) is 7.05 Å². The number of aromatic nitrogens is 4. The molecule has 0 atom stereocenters. The summed E-state index contributed by atoms with van der Waals surface area (Å²) in [5, 5.41) is 6.18. The molecule has 8 heteroatoms. The second-order valence-corrected chi connectivity index (χ2v) is 8.35. The van der Waals surface area contributed by atoms with Gasteiger partial charge in [0.15, 0.2) is 5.13 Å². The third-order valence-electron chi connectivity index (χ3n) is 5.54. The Morgan fingerprint density at radius 1 is 1.13 bits per heavy atom. The molecule has 0 radical (unpaired) electrons. The quantitative estimate of drug-likeness (QED) is 0.443. The third-order valence-corrected chi connectivity index (χ3v) is 6.34. The van der Waals surface area contributed by atoms with E-state index in [-0.39, 0.29) is 5.56 Å². The van der Waals surface area contributed by atoms with E-state index in [0.29, 0.717) is 18.8 Å². The summed E-state index contributed by atoms with van der Waals surface area (Å²) in [5.41, 5.74) is 6.31. The smallest absolute Gasteiger partial charge is 0.295 e. The summed E-state index contributed by atoms with van der Waals surface area (Å²) in [6.45, 7) is 7.39. The number of ether oxygens (including phenoxy) is 1. The lowest BCUT2D eigenvalue weighted by molar-refractivity contribution is 0.211. The third kappa shape index (κ3) is 3.73. The Bertz CT molecular complexity index is 1260. The molecule has 7 nitrogen and oxygen atoms in total. The van der Waals surface area contributed by atoms with Crippen molar-refractivity contribution in [2.45, 2.75) is 20.8 Å². The maximum absolute atomic E-state index is 13.5. The van der Waals surface area contributed by atoms with Crippen LogP contribution in [0.1, 0.15) is 17.1 Å². The topological polar surface area (TPSA) is 66.0 Å². The van der Waals surface area contributed by atoms with Gasteiger partial charge in [0.1, 0.15) is 5.69 Å². The predicted molar refractivity (Wildman–Crippen MR) is 126 cm³/mol. The SMILES string of the molecule is COCCNc1nc(-c2cc(C)n(-c3c(C)n(C)n(-c4ccccc4)c3=O)c2C)cs1. The number of hydrogen-bond acceptors (Lipinski definition) is 5. The maximum Gasteiger partial charge on any atom is 0.295 e. The fourth-order valence-corrected chi connectivity index (χ4v) is 4.66. The number of methoxy groups -OCH3 is 1. The van der Waals surface area contributed by atoms with Crippen LogP contribution in [0.3, 0.4) is 0 Å². The van der Waals surface area contributed by atoms with Crippen molar-refractivity contribution < 1.29 is 4.74 Å². The summed E-state index contributed by atoms with van der Waals surface area (Å²) in [6, 6.07) is 11.8. The van der Waals surface area contributed by atoms with Gasteiger partial charge in [0.25, 0.3) is 5.56 Å². The van der Waals surface area contributed by atoms with Crippen molar-refractivity contribution in [3.63, 3.8) is 0 Å². The average Bonchev–Trinajstić information content (AvgIpc) is 3.40. The molecule has 162 valence electrons. The van der Waals surface area contributed by atoms with Gasteiger partial charge in [-0.05, 0) is 39.0 Å². The van der Waals surface area contributed by atoms with E-state index in [4.69, 9.17) is 9.72 Å². The van der Waals surface area contributed by atoms with Crippen LogP contribution in [0.2, 0.25) is 0 Å². The molecule has 0 spiro atoms. The van der Waals surface area contributed by atoms with Crippen LogP contribution in [0, 0.1) is 20.8 Å². The second-order valence-electron chi connectivity index (χ2n) is 7.49. The van der Waals surface area contributed by atoms with Crippen LogP contribution < -0.4 is 10.9 Å². The highest BCUT2D eigenvalue weighted by Crippen LogP contribution is 2.32. The Morgan fingerprint density at radius 2 is 1.87 bits per heavy atom. The number of rotatable bonds is 7. The second kappa shape index (κ2) is 8.56. The van der Waals surface area contributed by atoms with Gasteiger partial charge in [-0.25, -0.2) is 9.67 Å². The zero-order chi connectivity index (χ0) is 22.1. The molecule has 31 heavy (non-hydrogen) atoms. The highest BCUT2D eigenvalue weighted by molar-refractivity contribution is 7.14. The summed E-state index contributed by atoms with van der Waals surface area (Å²) < 4.78 is 10.8. The molecule has 0 saturated carbocycles. The molecule has 0 bridgehead atoms. The van der Waals surface area contributed by atoms with E-state index >= 15 is 0 Å². The summed E-state index contributed by atoms with van der Waals surface area (Å²) in [4.78, 5) is 18.2. The zero-order valence-electron chi connectivity index (χ0n) is 18.5. The van der Waals surface area contributed by atoms with Crippen molar-refractivity contribution >= 4 is 16.5 Å². The summed E-state index contributed by atoms with van der Waals surface area (Å²) >= 11 is 1.57. The van der Waals surface area contributed by atoms with Crippen molar-refractivity contribution in [1.82, 2.24) is 18.9 Å². The normalized spacial score (nSPS) is 11.3. The highest BCUT2D eigenvalue weighted by atomic mass is 32.1. The minimum atomic E-state index is -0.0419. The van der Waals surface area contributed by atoms with Crippen molar-refractivity contribution in [3.05, 3.63) is 69.2 Å². The fourth-order valence-electron chi connectivity index (χ4n) is 3.92. The minimum absolute atomic E-state index is 0.0419. The molecule has 3 aromatic heterocycles. The van der Waals surface area contributed by atoms with Crippen LogP contribution in [-0.4, -0.2) is 39.2 Å². The Hall–Kier alpha value is -3.10. The van der Waals surface area contributed by atoms with Crippen LogP contribution in [0.4, 0.5) is 5.13 Å². The number of hydrogen-bond donors (Lipinski definition) is 1. The standard InChI is InChI=1S/C23H27N5O2S/c1-15-13-19(20-14-31-23(25-20)24-11-12-30-5)16(2)27(15)21-17(3)26(4)28(22(21)29)18-9-7-6-8-10-18/h6-10,13-14H,11-12H2,1-5H3,(H,24,25). The first-order valence-electron chi connectivity index (χ1n) is 10.2. The van der Waals surface area contributed by atoms with Gasteiger partial charge in [-0.1, -0.05) is 18.2 Å². The molecule has 0 amide bonds. The first-order chi connectivity index (χ1) is 14.9. The first kappa shape index (κ1) is 21.1. The van der Waals surface area contributed by atoms with Crippen molar-refractivity contribution in [1.29, 1.82) is 0 Å². The van der Waals surface area contributed by atoms with E-state index in [1.165, 1.54) is 0 Å². The molecule has 1 N–H and O–H groups in total. The lowest BCUT2D eigenvalue weighted by Gasteiger charge is -2.08. The minimum Gasteiger partial charge on any atom is -0.383 e.